The molecule has 0 bridgehead atoms. The van der Waals surface area contributed by atoms with E-state index < -0.39 is 20.9 Å². The van der Waals surface area contributed by atoms with Crippen molar-refractivity contribution in [2.24, 2.45) is 5.41 Å². The van der Waals surface area contributed by atoms with Gasteiger partial charge < -0.3 is 10.2 Å². The van der Waals surface area contributed by atoms with Crippen molar-refractivity contribution in [1.29, 1.82) is 0 Å². The fourth-order valence-corrected chi connectivity index (χ4v) is 4.50. The van der Waals surface area contributed by atoms with Gasteiger partial charge in [-0.3, -0.25) is 0 Å². The van der Waals surface area contributed by atoms with Crippen molar-refractivity contribution in [2.75, 3.05) is 18.1 Å². The maximum Gasteiger partial charge on any atom is 0.153 e. The smallest absolute Gasteiger partial charge is 0.153 e. The van der Waals surface area contributed by atoms with E-state index in [0.717, 1.165) is 0 Å². The number of sulfone groups is 1. The molecule has 0 aliphatic carbocycles. The zero-order valence-corrected chi connectivity index (χ0v) is 10.2. The Balaban J connectivity index is 3.04. The highest BCUT2D eigenvalue weighted by atomic mass is 32.2. The molecule has 1 fully saturated rings. The standard InChI is InChI=1S/C10H20O4S/c1-3-9(4-2,7-11)10(12)5-6-15(13,14)8-10/h11-12H,3-8H2,1-2H3. The maximum atomic E-state index is 11.4. The zero-order chi connectivity index (χ0) is 11.7. The fraction of sp³-hybridized carbons (Fsp3) is 1.00. The highest BCUT2D eigenvalue weighted by Crippen LogP contribution is 2.44. The molecule has 1 heterocycles. The highest BCUT2D eigenvalue weighted by molar-refractivity contribution is 7.91. The zero-order valence-electron chi connectivity index (χ0n) is 9.36. The van der Waals surface area contributed by atoms with E-state index in [1.807, 2.05) is 13.8 Å². The molecule has 4 nitrogen and oxygen atoms in total. The van der Waals surface area contributed by atoms with Crippen LogP contribution in [0.2, 0.25) is 0 Å². The quantitative estimate of drug-likeness (QED) is 0.738. The van der Waals surface area contributed by atoms with Gasteiger partial charge in [-0.25, -0.2) is 8.42 Å². The molecule has 1 rings (SSSR count). The van der Waals surface area contributed by atoms with Crippen LogP contribution in [0.5, 0.6) is 0 Å². The van der Waals surface area contributed by atoms with Crippen LogP contribution in [0.4, 0.5) is 0 Å². The third kappa shape index (κ3) is 2.05. The summed E-state index contributed by atoms with van der Waals surface area (Å²) < 4.78 is 22.8. The number of hydrogen-bond donors (Lipinski definition) is 2. The average Bonchev–Trinajstić information content (AvgIpc) is 2.46. The summed E-state index contributed by atoms with van der Waals surface area (Å²) in [7, 11) is -3.13. The monoisotopic (exact) mass is 236 g/mol. The summed E-state index contributed by atoms with van der Waals surface area (Å²) in [6.45, 7) is 3.59. The van der Waals surface area contributed by atoms with Crippen LogP contribution < -0.4 is 0 Å². The van der Waals surface area contributed by atoms with Crippen molar-refractivity contribution >= 4 is 9.84 Å². The Hall–Kier alpha value is -0.130. The molecule has 2 N–H and O–H groups in total. The van der Waals surface area contributed by atoms with Crippen LogP contribution in [0, 0.1) is 5.41 Å². The Bertz CT molecular complexity index is 310. The maximum absolute atomic E-state index is 11.4. The van der Waals surface area contributed by atoms with E-state index in [-0.39, 0.29) is 24.5 Å². The second kappa shape index (κ2) is 4.03. The van der Waals surface area contributed by atoms with Gasteiger partial charge in [0.15, 0.2) is 9.84 Å². The van der Waals surface area contributed by atoms with Gasteiger partial charge in [0.1, 0.15) is 0 Å². The summed E-state index contributed by atoms with van der Waals surface area (Å²) in [5.41, 5.74) is -1.92. The summed E-state index contributed by atoms with van der Waals surface area (Å²) in [5, 5.41) is 19.8. The van der Waals surface area contributed by atoms with Crippen molar-refractivity contribution in [3.63, 3.8) is 0 Å². The molecule has 0 aromatic heterocycles. The minimum Gasteiger partial charge on any atom is -0.396 e. The molecule has 0 aromatic rings. The van der Waals surface area contributed by atoms with Gasteiger partial charge >= 0.3 is 0 Å². The highest BCUT2D eigenvalue weighted by Gasteiger charge is 2.53. The predicted molar refractivity (Wildman–Crippen MR) is 58.3 cm³/mol. The molecule has 0 radical (unpaired) electrons. The second-order valence-corrected chi connectivity index (χ2v) is 6.70. The summed E-state index contributed by atoms with van der Waals surface area (Å²) in [6.07, 6.45) is 1.43. The predicted octanol–water partition coefficient (Wildman–Crippen LogP) is 0.335. The Morgan fingerprint density at radius 1 is 1.33 bits per heavy atom. The summed E-state index contributed by atoms with van der Waals surface area (Å²) in [4.78, 5) is 0. The largest absolute Gasteiger partial charge is 0.396 e. The van der Waals surface area contributed by atoms with Crippen LogP contribution in [0.15, 0.2) is 0 Å². The van der Waals surface area contributed by atoms with Gasteiger partial charge in [-0.15, -0.1) is 0 Å². The normalized spacial score (nSPS) is 30.7. The van der Waals surface area contributed by atoms with Crippen LogP contribution in [0.3, 0.4) is 0 Å². The molecule has 1 atom stereocenters. The van der Waals surface area contributed by atoms with E-state index >= 15 is 0 Å². The van der Waals surface area contributed by atoms with Crippen LogP contribution in [-0.4, -0.2) is 42.3 Å². The van der Waals surface area contributed by atoms with Gasteiger partial charge in [0, 0.05) is 5.41 Å². The number of rotatable bonds is 4. The van der Waals surface area contributed by atoms with Crippen molar-refractivity contribution in [1.82, 2.24) is 0 Å². The van der Waals surface area contributed by atoms with Gasteiger partial charge in [-0.2, -0.15) is 0 Å². The Morgan fingerprint density at radius 2 is 1.87 bits per heavy atom. The van der Waals surface area contributed by atoms with Crippen LogP contribution in [0.25, 0.3) is 0 Å². The van der Waals surface area contributed by atoms with Crippen LogP contribution >= 0.6 is 0 Å². The topological polar surface area (TPSA) is 74.6 Å². The van der Waals surface area contributed by atoms with Crippen molar-refractivity contribution in [3.05, 3.63) is 0 Å². The first-order valence-corrected chi connectivity index (χ1v) is 7.20. The summed E-state index contributed by atoms with van der Waals surface area (Å²) in [5.74, 6) is -0.173. The van der Waals surface area contributed by atoms with Crippen LogP contribution in [-0.2, 0) is 9.84 Å². The Labute approximate surface area is 91.2 Å². The van der Waals surface area contributed by atoms with E-state index in [1.54, 1.807) is 0 Å². The van der Waals surface area contributed by atoms with Gasteiger partial charge in [0.25, 0.3) is 0 Å². The molecule has 1 unspecified atom stereocenters. The van der Waals surface area contributed by atoms with Gasteiger partial charge in [-0.1, -0.05) is 13.8 Å². The molecular weight excluding hydrogens is 216 g/mol. The minimum atomic E-state index is -3.13. The van der Waals surface area contributed by atoms with Crippen molar-refractivity contribution in [3.8, 4) is 0 Å². The summed E-state index contributed by atoms with van der Waals surface area (Å²) >= 11 is 0. The second-order valence-electron chi connectivity index (χ2n) is 4.52. The first-order valence-electron chi connectivity index (χ1n) is 5.38. The molecular formula is C10H20O4S. The molecule has 1 saturated heterocycles. The lowest BCUT2D eigenvalue weighted by Gasteiger charge is -2.42. The third-order valence-corrected chi connectivity index (χ3v) is 5.67. The van der Waals surface area contributed by atoms with E-state index in [2.05, 4.69) is 0 Å². The molecule has 0 aromatic carbocycles. The first kappa shape index (κ1) is 12.9. The summed E-state index contributed by atoms with van der Waals surface area (Å²) in [6, 6.07) is 0. The molecule has 0 saturated carbocycles. The number of aliphatic hydroxyl groups excluding tert-OH is 1. The van der Waals surface area contributed by atoms with Gasteiger partial charge in [-0.05, 0) is 19.3 Å². The SMILES string of the molecule is CCC(CC)(CO)C1(O)CCS(=O)(=O)C1. The third-order valence-electron chi connectivity index (χ3n) is 3.93. The van der Waals surface area contributed by atoms with Crippen molar-refractivity contribution in [2.45, 2.75) is 38.7 Å². The molecule has 0 spiro atoms. The number of hydrogen-bond acceptors (Lipinski definition) is 4. The van der Waals surface area contributed by atoms with Crippen molar-refractivity contribution < 1.29 is 18.6 Å². The molecule has 1 aliphatic rings. The van der Waals surface area contributed by atoms with Gasteiger partial charge in [0.05, 0.1) is 23.7 Å². The van der Waals surface area contributed by atoms with Gasteiger partial charge in [0.2, 0.25) is 0 Å². The van der Waals surface area contributed by atoms with E-state index in [9.17, 15) is 18.6 Å². The molecule has 1 aliphatic heterocycles. The lowest BCUT2D eigenvalue weighted by atomic mass is 9.68. The molecule has 90 valence electrons. The van der Waals surface area contributed by atoms with E-state index in [0.29, 0.717) is 12.8 Å². The van der Waals surface area contributed by atoms with E-state index in [4.69, 9.17) is 0 Å². The molecule has 5 heteroatoms. The number of aliphatic hydroxyl groups is 2. The molecule has 15 heavy (non-hydrogen) atoms. The molecule has 0 amide bonds. The lowest BCUT2D eigenvalue weighted by molar-refractivity contribution is -0.0963. The average molecular weight is 236 g/mol. The lowest BCUT2D eigenvalue weighted by Crippen LogP contribution is -2.51. The van der Waals surface area contributed by atoms with Crippen LogP contribution in [0.1, 0.15) is 33.1 Å². The first-order chi connectivity index (χ1) is 6.85. The van der Waals surface area contributed by atoms with E-state index in [1.165, 1.54) is 0 Å². The Morgan fingerprint density at radius 3 is 2.13 bits per heavy atom. The fourth-order valence-electron chi connectivity index (χ4n) is 2.53. The minimum absolute atomic E-state index is 0.0330. The Kier molecular flexibility index (Phi) is 3.48.